The van der Waals surface area contributed by atoms with Crippen molar-refractivity contribution in [3.63, 3.8) is 0 Å². The molecular formula is C17H19Cl2NO2. The van der Waals surface area contributed by atoms with Crippen LogP contribution in [-0.2, 0) is 13.2 Å². The molecule has 0 aliphatic rings. The van der Waals surface area contributed by atoms with E-state index in [0.717, 1.165) is 16.9 Å². The zero-order valence-corrected chi connectivity index (χ0v) is 13.9. The quantitative estimate of drug-likeness (QED) is 0.799. The number of rotatable bonds is 7. The van der Waals surface area contributed by atoms with Gasteiger partial charge in [0.2, 0.25) is 0 Å². The first-order valence-electron chi connectivity index (χ1n) is 7.09. The lowest BCUT2D eigenvalue weighted by Gasteiger charge is -2.13. The molecule has 0 radical (unpaired) electrons. The third-order valence-electron chi connectivity index (χ3n) is 3.06. The minimum Gasteiger partial charge on any atom is -0.489 e. The minimum atomic E-state index is -0.394. The molecule has 0 fully saturated rings. The van der Waals surface area contributed by atoms with Crippen molar-refractivity contribution >= 4 is 23.2 Å². The Kier molecular flexibility index (Phi) is 6.52. The third kappa shape index (κ3) is 5.50. The zero-order valence-electron chi connectivity index (χ0n) is 12.4. The molecule has 1 unspecified atom stereocenters. The molecule has 0 bridgehead atoms. The van der Waals surface area contributed by atoms with Gasteiger partial charge in [-0.05, 0) is 42.8 Å². The fraction of sp³-hybridized carbons (Fsp3) is 0.294. The molecule has 2 aromatic carbocycles. The Morgan fingerprint density at radius 1 is 1.14 bits per heavy atom. The summed E-state index contributed by atoms with van der Waals surface area (Å²) in [6, 6.07) is 13.1. The van der Waals surface area contributed by atoms with E-state index in [4.69, 9.17) is 27.9 Å². The molecule has 5 heteroatoms. The Balaban J connectivity index is 2.03. The van der Waals surface area contributed by atoms with Crippen molar-refractivity contribution in [3.8, 4) is 5.75 Å². The van der Waals surface area contributed by atoms with E-state index >= 15 is 0 Å². The first-order valence-corrected chi connectivity index (χ1v) is 7.84. The number of benzene rings is 2. The van der Waals surface area contributed by atoms with Crippen LogP contribution in [0.1, 0.15) is 18.1 Å². The number of aliphatic hydroxyl groups is 1. The first-order chi connectivity index (χ1) is 10.5. The standard InChI is InChI=1S/C17H19Cl2NO2/c1-12(21)9-20-10-14-8-16(19)5-6-17(14)22-11-13-3-2-4-15(18)7-13/h2-8,12,20-21H,9-11H2,1H3. The highest BCUT2D eigenvalue weighted by atomic mass is 35.5. The molecule has 0 saturated carbocycles. The molecule has 2 rings (SSSR count). The normalized spacial score (nSPS) is 12.2. The van der Waals surface area contributed by atoms with Crippen LogP contribution in [0.5, 0.6) is 5.75 Å². The van der Waals surface area contributed by atoms with E-state index in [1.807, 2.05) is 36.4 Å². The van der Waals surface area contributed by atoms with Gasteiger partial charge in [-0.3, -0.25) is 0 Å². The zero-order chi connectivity index (χ0) is 15.9. The topological polar surface area (TPSA) is 41.5 Å². The summed E-state index contributed by atoms with van der Waals surface area (Å²) >= 11 is 12.0. The Morgan fingerprint density at radius 2 is 1.91 bits per heavy atom. The molecular weight excluding hydrogens is 321 g/mol. The summed E-state index contributed by atoms with van der Waals surface area (Å²) < 4.78 is 5.87. The van der Waals surface area contributed by atoms with Gasteiger partial charge in [0.05, 0.1) is 6.10 Å². The summed E-state index contributed by atoms with van der Waals surface area (Å²) in [5.41, 5.74) is 1.96. The van der Waals surface area contributed by atoms with Gasteiger partial charge >= 0.3 is 0 Å². The van der Waals surface area contributed by atoms with E-state index in [0.29, 0.717) is 29.7 Å². The van der Waals surface area contributed by atoms with Crippen LogP contribution in [-0.4, -0.2) is 17.8 Å². The molecule has 0 saturated heterocycles. The van der Waals surface area contributed by atoms with Crippen molar-refractivity contribution in [2.75, 3.05) is 6.54 Å². The van der Waals surface area contributed by atoms with Crippen LogP contribution in [0, 0.1) is 0 Å². The number of hydrogen-bond acceptors (Lipinski definition) is 3. The molecule has 2 aromatic rings. The van der Waals surface area contributed by atoms with E-state index in [-0.39, 0.29) is 0 Å². The van der Waals surface area contributed by atoms with Crippen LogP contribution in [0.15, 0.2) is 42.5 Å². The number of nitrogens with one attached hydrogen (secondary N) is 1. The van der Waals surface area contributed by atoms with Crippen LogP contribution in [0.3, 0.4) is 0 Å². The molecule has 0 spiro atoms. The molecule has 0 aliphatic carbocycles. The predicted molar refractivity (Wildman–Crippen MR) is 90.6 cm³/mol. The smallest absolute Gasteiger partial charge is 0.124 e. The summed E-state index contributed by atoms with van der Waals surface area (Å²) in [5.74, 6) is 0.766. The summed E-state index contributed by atoms with van der Waals surface area (Å²) in [4.78, 5) is 0. The monoisotopic (exact) mass is 339 g/mol. The molecule has 3 nitrogen and oxygen atoms in total. The summed E-state index contributed by atoms with van der Waals surface area (Å²) in [6.45, 7) is 3.27. The van der Waals surface area contributed by atoms with Crippen molar-refractivity contribution in [1.82, 2.24) is 5.32 Å². The van der Waals surface area contributed by atoms with Crippen LogP contribution in [0.25, 0.3) is 0 Å². The van der Waals surface area contributed by atoms with E-state index < -0.39 is 6.10 Å². The summed E-state index contributed by atoms with van der Waals surface area (Å²) in [6.07, 6.45) is -0.394. The lowest BCUT2D eigenvalue weighted by Crippen LogP contribution is -2.24. The number of hydrogen-bond donors (Lipinski definition) is 2. The average molecular weight is 340 g/mol. The second-order valence-electron chi connectivity index (χ2n) is 5.15. The summed E-state index contributed by atoms with van der Waals surface area (Å²) in [7, 11) is 0. The maximum Gasteiger partial charge on any atom is 0.124 e. The molecule has 0 heterocycles. The van der Waals surface area contributed by atoms with Gasteiger partial charge in [0.15, 0.2) is 0 Å². The molecule has 22 heavy (non-hydrogen) atoms. The molecule has 0 aromatic heterocycles. The molecule has 0 aliphatic heterocycles. The highest BCUT2D eigenvalue weighted by Gasteiger charge is 2.06. The van der Waals surface area contributed by atoms with Gasteiger partial charge < -0.3 is 15.2 Å². The fourth-order valence-electron chi connectivity index (χ4n) is 2.03. The molecule has 1 atom stereocenters. The maximum absolute atomic E-state index is 9.30. The van der Waals surface area contributed by atoms with E-state index in [2.05, 4.69) is 5.32 Å². The van der Waals surface area contributed by atoms with Gasteiger partial charge in [0.1, 0.15) is 12.4 Å². The van der Waals surface area contributed by atoms with Crippen molar-refractivity contribution < 1.29 is 9.84 Å². The lowest BCUT2D eigenvalue weighted by atomic mass is 10.2. The van der Waals surface area contributed by atoms with Crippen molar-refractivity contribution in [3.05, 3.63) is 63.6 Å². The third-order valence-corrected chi connectivity index (χ3v) is 3.53. The second kappa shape index (κ2) is 8.39. The van der Waals surface area contributed by atoms with Gasteiger partial charge in [-0.2, -0.15) is 0 Å². The minimum absolute atomic E-state index is 0.394. The van der Waals surface area contributed by atoms with Gasteiger partial charge in [-0.15, -0.1) is 0 Å². The Labute approximate surface area is 140 Å². The van der Waals surface area contributed by atoms with Gasteiger partial charge in [-0.25, -0.2) is 0 Å². The van der Waals surface area contributed by atoms with E-state index in [9.17, 15) is 5.11 Å². The Hall–Kier alpha value is -1.26. The molecule has 2 N–H and O–H groups in total. The highest BCUT2D eigenvalue weighted by molar-refractivity contribution is 6.30. The molecule has 0 amide bonds. The fourth-order valence-corrected chi connectivity index (χ4v) is 2.44. The van der Waals surface area contributed by atoms with E-state index in [1.54, 1.807) is 13.0 Å². The van der Waals surface area contributed by atoms with Gasteiger partial charge in [0.25, 0.3) is 0 Å². The van der Waals surface area contributed by atoms with Crippen molar-refractivity contribution in [2.45, 2.75) is 26.2 Å². The Morgan fingerprint density at radius 3 is 2.64 bits per heavy atom. The predicted octanol–water partition coefficient (Wildman–Crippen LogP) is 4.04. The van der Waals surface area contributed by atoms with E-state index in [1.165, 1.54) is 0 Å². The number of ether oxygens (including phenoxy) is 1. The van der Waals surface area contributed by atoms with Crippen LogP contribution in [0.4, 0.5) is 0 Å². The van der Waals surface area contributed by atoms with Gasteiger partial charge in [-0.1, -0.05) is 35.3 Å². The Bertz CT molecular complexity index is 617. The largest absolute Gasteiger partial charge is 0.489 e. The van der Waals surface area contributed by atoms with Crippen molar-refractivity contribution in [2.24, 2.45) is 0 Å². The SMILES string of the molecule is CC(O)CNCc1cc(Cl)ccc1OCc1cccc(Cl)c1. The van der Waals surface area contributed by atoms with Crippen LogP contribution >= 0.6 is 23.2 Å². The first kappa shape index (κ1) is 17.1. The maximum atomic E-state index is 9.30. The highest BCUT2D eigenvalue weighted by Crippen LogP contribution is 2.24. The molecule has 118 valence electrons. The number of halogens is 2. The average Bonchev–Trinajstić information content (AvgIpc) is 2.46. The lowest BCUT2D eigenvalue weighted by molar-refractivity contribution is 0.190. The second-order valence-corrected chi connectivity index (χ2v) is 6.02. The number of aliphatic hydroxyl groups excluding tert-OH is 1. The van der Waals surface area contributed by atoms with Crippen molar-refractivity contribution in [1.29, 1.82) is 0 Å². The van der Waals surface area contributed by atoms with Gasteiger partial charge in [0, 0.05) is 28.7 Å². The summed E-state index contributed by atoms with van der Waals surface area (Å²) in [5, 5.41) is 13.8. The van der Waals surface area contributed by atoms with Crippen LogP contribution < -0.4 is 10.1 Å². The van der Waals surface area contributed by atoms with Crippen LogP contribution in [0.2, 0.25) is 10.0 Å².